The second-order valence-electron chi connectivity index (χ2n) is 5.04. The van der Waals surface area contributed by atoms with Gasteiger partial charge in [0.2, 0.25) is 0 Å². The van der Waals surface area contributed by atoms with E-state index in [2.05, 4.69) is 4.98 Å². The lowest BCUT2D eigenvalue weighted by Crippen LogP contribution is -2.09. The van der Waals surface area contributed by atoms with Crippen molar-refractivity contribution < 1.29 is 18.3 Å². The molecule has 0 bridgehead atoms. The number of benzene rings is 1. The number of nitrogens with zero attached hydrogens (tertiary/aromatic N) is 1. The smallest absolute Gasteiger partial charge is 0.309 e. The van der Waals surface area contributed by atoms with Gasteiger partial charge in [-0.2, -0.15) is 0 Å². The van der Waals surface area contributed by atoms with E-state index >= 15 is 0 Å². The van der Waals surface area contributed by atoms with Crippen molar-refractivity contribution in [1.29, 1.82) is 0 Å². The number of hydrogen-bond donors (Lipinski definition) is 0. The van der Waals surface area contributed by atoms with Gasteiger partial charge < -0.3 is 4.74 Å². The lowest BCUT2D eigenvalue weighted by Gasteiger charge is -2.05. The molecule has 108 valence electrons. The molecule has 0 aliphatic heterocycles. The van der Waals surface area contributed by atoms with Crippen LogP contribution in [0.5, 0.6) is 0 Å². The van der Waals surface area contributed by atoms with Crippen LogP contribution in [-0.4, -0.2) is 11.0 Å². The van der Waals surface area contributed by atoms with Crippen molar-refractivity contribution in [3.63, 3.8) is 0 Å². The zero-order chi connectivity index (χ0) is 14.8. The molecule has 1 heterocycles. The lowest BCUT2D eigenvalue weighted by molar-refractivity contribution is -0.146. The minimum absolute atomic E-state index is 0.0918. The maximum absolute atomic E-state index is 13.6. The molecule has 1 saturated carbocycles. The van der Waals surface area contributed by atoms with Gasteiger partial charge in [-0.1, -0.05) is 6.07 Å². The van der Waals surface area contributed by atoms with Crippen LogP contribution >= 0.6 is 0 Å². The molecule has 1 aliphatic rings. The molecule has 1 aromatic carbocycles. The fourth-order valence-electron chi connectivity index (χ4n) is 2.33. The third-order valence-electron chi connectivity index (χ3n) is 3.54. The molecule has 1 aromatic heterocycles. The number of esters is 1. The number of carbonyl (C=O) groups excluding carboxylic acids is 1. The molecule has 1 aliphatic carbocycles. The van der Waals surface area contributed by atoms with Crippen molar-refractivity contribution >= 4 is 5.97 Å². The number of carbonyl (C=O) groups is 1. The molecule has 2 atom stereocenters. The van der Waals surface area contributed by atoms with E-state index in [0.29, 0.717) is 12.1 Å². The Kier molecular flexibility index (Phi) is 3.64. The topological polar surface area (TPSA) is 39.2 Å². The summed E-state index contributed by atoms with van der Waals surface area (Å²) in [4.78, 5) is 15.9. The first kappa shape index (κ1) is 13.7. The quantitative estimate of drug-likeness (QED) is 0.811. The van der Waals surface area contributed by atoms with Gasteiger partial charge in [0.05, 0.1) is 11.6 Å². The van der Waals surface area contributed by atoms with E-state index in [0.717, 1.165) is 18.2 Å². The van der Waals surface area contributed by atoms with Gasteiger partial charge in [0.1, 0.15) is 18.2 Å². The minimum Gasteiger partial charge on any atom is -0.459 e. The molecular weight excluding hydrogens is 276 g/mol. The van der Waals surface area contributed by atoms with Gasteiger partial charge in [-0.05, 0) is 42.3 Å². The van der Waals surface area contributed by atoms with Gasteiger partial charge in [0.25, 0.3) is 0 Å². The zero-order valence-electron chi connectivity index (χ0n) is 11.1. The summed E-state index contributed by atoms with van der Waals surface area (Å²) in [6.45, 7) is 0.0918. The average molecular weight is 289 g/mol. The Bertz CT molecular complexity index is 661. The molecule has 5 heteroatoms. The molecule has 0 saturated heterocycles. The highest BCUT2D eigenvalue weighted by Gasteiger charge is 2.46. The van der Waals surface area contributed by atoms with Crippen LogP contribution in [0.1, 0.15) is 23.6 Å². The summed E-state index contributed by atoms with van der Waals surface area (Å²) in [5, 5.41) is 0. The minimum atomic E-state index is -0.501. The Balaban J connectivity index is 1.60. The molecule has 0 unspecified atom stereocenters. The van der Waals surface area contributed by atoms with Gasteiger partial charge in [0.15, 0.2) is 0 Å². The summed E-state index contributed by atoms with van der Waals surface area (Å²) in [5.41, 5.74) is 0.898. The van der Waals surface area contributed by atoms with Crippen LogP contribution in [0, 0.1) is 17.6 Å². The fraction of sp³-hybridized carbons (Fsp3) is 0.250. The SMILES string of the molecule is O=C(OCc1ccccn1)[C@H]1C[C@@H]1c1cc(F)ccc1F. The third kappa shape index (κ3) is 3.07. The number of halogens is 2. The average Bonchev–Trinajstić information content (AvgIpc) is 3.29. The van der Waals surface area contributed by atoms with E-state index < -0.39 is 23.5 Å². The molecule has 3 rings (SSSR count). The largest absolute Gasteiger partial charge is 0.459 e. The highest BCUT2D eigenvalue weighted by atomic mass is 19.1. The van der Waals surface area contributed by atoms with Crippen LogP contribution in [0.25, 0.3) is 0 Å². The molecule has 2 aromatic rings. The Morgan fingerprint density at radius 1 is 1.29 bits per heavy atom. The second-order valence-corrected chi connectivity index (χ2v) is 5.04. The molecule has 21 heavy (non-hydrogen) atoms. The monoisotopic (exact) mass is 289 g/mol. The van der Waals surface area contributed by atoms with Crippen LogP contribution in [0.4, 0.5) is 8.78 Å². The summed E-state index contributed by atoms with van der Waals surface area (Å²) < 4.78 is 31.9. The van der Waals surface area contributed by atoms with Crippen LogP contribution in [0.15, 0.2) is 42.6 Å². The third-order valence-corrected chi connectivity index (χ3v) is 3.54. The van der Waals surface area contributed by atoms with Crippen LogP contribution < -0.4 is 0 Å². The maximum Gasteiger partial charge on any atom is 0.309 e. The van der Waals surface area contributed by atoms with Gasteiger partial charge in [-0.15, -0.1) is 0 Å². The predicted octanol–water partition coefficient (Wildman–Crippen LogP) is 3.21. The van der Waals surface area contributed by atoms with E-state index in [1.54, 1.807) is 24.4 Å². The Labute approximate surface area is 120 Å². The van der Waals surface area contributed by atoms with Gasteiger partial charge in [0, 0.05) is 12.1 Å². The first-order valence-corrected chi connectivity index (χ1v) is 6.66. The van der Waals surface area contributed by atoms with Crippen molar-refractivity contribution in [2.75, 3.05) is 0 Å². The highest BCUT2D eigenvalue weighted by Crippen LogP contribution is 2.49. The van der Waals surface area contributed by atoms with Gasteiger partial charge in [-0.3, -0.25) is 9.78 Å². The number of rotatable bonds is 4. The first-order valence-electron chi connectivity index (χ1n) is 6.66. The number of hydrogen-bond acceptors (Lipinski definition) is 3. The van der Waals surface area contributed by atoms with Crippen molar-refractivity contribution in [2.45, 2.75) is 18.9 Å². The Morgan fingerprint density at radius 3 is 2.90 bits per heavy atom. The van der Waals surface area contributed by atoms with Crippen molar-refractivity contribution in [3.8, 4) is 0 Å². The second kappa shape index (κ2) is 5.60. The van der Waals surface area contributed by atoms with Crippen molar-refractivity contribution in [2.24, 2.45) is 5.92 Å². The van der Waals surface area contributed by atoms with Crippen LogP contribution in [0.3, 0.4) is 0 Å². The van der Waals surface area contributed by atoms with Crippen molar-refractivity contribution in [1.82, 2.24) is 4.98 Å². The van der Waals surface area contributed by atoms with Crippen LogP contribution in [-0.2, 0) is 16.1 Å². The van der Waals surface area contributed by atoms with E-state index in [1.807, 2.05) is 0 Å². The fourth-order valence-corrected chi connectivity index (χ4v) is 2.33. The van der Waals surface area contributed by atoms with E-state index in [4.69, 9.17) is 4.74 Å². The van der Waals surface area contributed by atoms with Gasteiger partial charge >= 0.3 is 5.97 Å². The zero-order valence-corrected chi connectivity index (χ0v) is 11.1. The van der Waals surface area contributed by atoms with Crippen LogP contribution in [0.2, 0.25) is 0 Å². The Morgan fingerprint density at radius 2 is 2.14 bits per heavy atom. The maximum atomic E-state index is 13.6. The van der Waals surface area contributed by atoms with E-state index in [-0.39, 0.29) is 18.1 Å². The molecule has 1 fully saturated rings. The summed E-state index contributed by atoms with van der Waals surface area (Å²) in [6.07, 6.45) is 2.10. The highest BCUT2D eigenvalue weighted by molar-refractivity contribution is 5.77. The van der Waals surface area contributed by atoms with Crippen molar-refractivity contribution in [3.05, 3.63) is 65.5 Å². The van der Waals surface area contributed by atoms with E-state index in [9.17, 15) is 13.6 Å². The summed E-state index contributed by atoms with van der Waals surface area (Å²) in [5.74, 6) is -2.07. The molecule has 0 N–H and O–H groups in total. The standard InChI is InChI=1S/C16H13F2NO2/c17-10-4-5-15(18)13(7-10)12-8-14(12)16(20)21-9-11-3-1-2-6-19-11/h1-7,12,14H,8-9H2/t12-,14+/m1/s1. The predicted molar refractivity (Wildman–Crippen MR) is 71.2 cm³/mol. The number of pyridine rings is 1. The molecule has 0 radical (unpaired) electrons. The van der Waals surface area contributed by atoms with Gasteiger partial charge in [-0.25, -0.2) is 8.78 Å². The van der Waals surface area contributed by atoms with E-state index in [1.165, 1.54) is 0 Å². The lowest BCUT2D eigenvalue weighted by atomic mass is 10.1. The summed E-state index contributed by atoms with van der Waals surface area (Å²) >= 11 is 0. The summed E-state index contributed by atoms with van der Waals surface area (Å²) in [6, 6.07) is 8.62. The normalized spacial score (nSPS) is 20.1. The Hall–Kier alpha value is -2.30. The molecular formula is C16H13F2NO2. The number of ether oxygens (including phenoxy) is 1. The summed E-state index contributed by atoms with van der Waals surface area (Å²) in [7, 11) is 0. The molecule has 0 spiro atoms. The molecule has 0 amide bonds. The number of aromatic nitrogens is 1. The first-order chi connectivity index (χ1) is 10.1. The molecule has 3 nitrogen and oxygen atoms in total.